The van der Waals surface area contributed by atoms with Gasteiger partial charge in [-0.1, -0.05) is 30.3 Å². The van der Waals surface area contributed by atoms with Gasteiger partial charge >= 0.3 is 6.03 Å². The van der Waals surface area contributed by atoms with E-state index in [4.69, 9.17) is 4.74 Å². The van der Waals surface area contributed by atoms with E-state index in [-0.39, 0.29) is 23.6 Å². The number of carbonyl (C=O) groups is 1. The third-order valence-corrected chi connectivity index (χ3v) is 5.00. The van der Waals surface area contributed by atoms with Gasteiger partial charge in [0.25, 0.3) is 0 Å². The second-order valence-corrected chi connectivity index (χ2v) is 6.79. The lowest BCUT2D eigenvalue weighted by Gasteiger charge is -2.27. The van der Waals surface area contributed by atoms with E-state index in [9.17, 15) is 4.79 Å². The number of nitrogens with one attached hydrogen (secondary N) is 1. The van der Waals surface area contributed by atoms with Crippen molar-refractivity contribution < 1.29 is 9.53 Å². The van der Waals surface area contributed by atoms with Gasteiger partial charge in [0, 0.05) is 25.6 Å². The molecule has 4 heteroatoms. The Bertz CT molecular complexity index is 507. The molecule has 1 N–H and O–H groups in total. The molecule has 0 aromatic heterocycles. The zero-order chi connectivity index (χ0) is 15.6. The molecule has 22 heavy (non-hydrogen) atoms. The first-order valence-corrected chi connectivity index (χ1v) is 8.29. The van der Waals surface area contributed by atoms with Crippen LogP contribution in [0, 0.1) is 0 Å². The van der Waals surface area contributed by atoms with Gasteiger partial charge < -0.3 is 15.0 Å². The van der Waals surface area contributed by atoms with Crippen LogP contribution in [-0.2, 0) is 10.2 Å². The van der Waals surface area contributed by atoms with Crippen molar-refractivity contribution in [2.45, 2.75) is 50.2 Å². The van der Waals surface area contributed by atoms with Crippen molar-refractivity contribution in [3.05, 3.63) is 35.9 Å². The summed E-state index contributed by atoms with van der Waals surface area (Å²) >= 11 is 0. The molecule has 1 aromatic carbocycles. The number of amides is 2. The molecule has 0 radical (unpaired) electrons. The van der Waals surface area contributed by atoms with Gasteiger partial charge in [-0.25, -0.2) is 4.79 Å². The Morgan fingerprint density at radius 1 is 1.41 bits per heavy atom. The molecule has 2 atom stereocenters. The maximum Gasteiger partial charge on any atom is 0.317 e. The smallest absolute Gasteiger partial charge is 0.317 e. The van der Waals surface area contributed by atoms with Gasteiger partial charge in [0.15, 0.2) is 0 Å². The van der Waals surface area contributed by atoms with E-state index in [0.29, 0.717) is 0 Å². The summed E-state index contributed by atoms with van der Waals surface area (Å²) in [6.07, 6.45) is 4.63. The van der Waals surface area contributed by atoms with Crippen molar-refractivity contribution >= 4 is 6.03 Å². The predicted octanol–water partition coefficient (Wildman–Crippen LogP) is 2.93. The number of hydrogen-bond acceptors (Lipinski definition) is 2. The van der Waals surface area contributed by atoms with Gasteiger partial charge in [-0.15, -0.1) is 0 Å². The SMILES string of the molecule is C[C@@H](NC(=O)N(C)CC1(c2ccccc2)CC1)[C@H]1CCCO1. The zero-order valence-electron chi connectivity index (χ0n) is 13.5. The van der Waals surface area contributed by atoms with Crippen LogP contribution in [0.15, 0.2) is 30.3 Å². The number of hydrogen-bond donors (Lipinski definition) is 1. The van der Waals surface area contributed by atoms with Crippen LogP contribution in [0.25, 0.3) is 0 Å². The van der Waals surface area contributed by atoms with Crippen LogP contribution in [0.2, 0.25) is 0 Å². The lowest BCUT2D eigenvalue weighted by Crippen LogP contribution is -2.48. The summed E-state index contributed by atoms with van der Waals surface area (Å²) in [4.78, 5) is 14.2. The first-order valence-electron chi connectivity index (χ1n) is 8.29. The molecule has 1 saturated heterocycles. The van der Waals surface area contributed by atoms with Crippen molar-refractivity contribution in [1.29, 1.82) is 0 Å². The predicted molar refractivity (Wildman–Crippen MR) is 87.0 cm³/mol. The fourth-order valence-corrected chi connectivity index (χ4v) is 3.40. The number of likely N-dealkylation sites (N-methyl/N-ethyl adjacent to an activating group) is 1. The maximum absolute atomic E-state index is 12.4. The Labute approximate surface area is 132 Å². The summed E-state index contributed by atoms with van der Waals surface area (Å²) in [5.74, 6) is 0. The summed E-state index contributed by atoms with van der Waals surface area (Å²) < 4.78 is 5.64. The highest BCUT2D eigenvalue weighted by molar-refractivity contribution is 5.74. The third kappa shape index (κ3) is 3.27. The first-order chi connectivity index (χ1) is 10.6. The maximum atomic E-state index is 12.4. The van der Waals surface area contributed by atoms with E-state index in [0.717, 1.165) is 38.8 Å². The van der Waals surface area contributed by atoms with E-state index in [1.807, 2.05) is 24.9 Å². The van der Waals surface area contributed by atoms with E-state index in [1.165, 1.54) is 5.56 Å². The highest BCUT2D eigenvalue weighted by atomic mass is 16.5. The quantitative estimate of drug-likeness (QED) is 0.908. The van der Waals surface area contributed by atoms with Crippen molar-refractivity contribution in [3.63, 3.8) is 0 Å². The number of nitrogens with zero attached hydrogens (tertiary/aromatic N) is 1. The molecule has 1 aromatic rings. The van der Waals surface area contributed by atoms with Gasteiger partial charge in [-0.2, -0.15) is 0 Å². The minimum Gasteiger partial charge on any atom is -0.376 e. The summed E-state index contributed by atoms with van der Waals surface area (Å²) in [6, 6.07) is 10.6. The van der Waals surface area contributed by atoms with Gasteiger partial charge in [0.1, 0.15) is 0 Å². The lowest BCUT2D eigenvalue weighted by atomic mass is 9.95. The third-order valence-electron chi connectivity index (χ3n) is 5.00. The molecule has 2 aliphatic rings. The molecule has 1 heterocycles. The van der Waals surface area contributed by atoms with E-state index >= 15 is 0 Å². The standard InChI is InChI=1S/C18H26N2O2/c1-14(16-9-6-12-22-16)19-17(21)20(2)13-18(10-11-18)15-7-4-3-5-8-15/h3-5,7-8,14,16H,6,9-13H2,1-2H3,(H,19,21)/t14-,16-/m1/s1. The minimum absolute atomic E-state index is 0.00482. The van der Waals surface area contributed by atoms with Crippen molar-refractivity contribution in [1.82, 2.24) is 10.2 Å². The van der Waals surface area contributed by atoms with Crippen molar-refractivity contribution in [2.24, 2.45) is 0 Å². The molecule has 3 rings (SSSR count). The van der Waals surface area contributed by atoms with E-state index in [1.54, 1.807) is 0 Å². The molecule has 0 unspecified atom stereocenters. The van der Waals surface area contributed by atoms with Gasteiger partial charge in [0.2, 0.25) is 0 Å². The highest BCUT2D eigenvalue weighted by Gasteiger charge is 2.45. The fraction of sp³-hybridized carbons (Fsp3) is 0.611. The normalized spacial score (nSPS) is 23.8. The summed E-state index contributed by atoms with van der Waals surface area (Å²) in [7, 11) is 1.89. The molecule has 0 spiro atoms. The van der Waals surface area contributed by atoms with Crippen LogP contribution >= 0.6 is 0 Å². The first kappa shape index (κ1) is 15.3. The topological polar surface area (TPSA) is 41.6 Å². The molecule has 1 aliphatic carbocycles. The Hall–Kier alpha value is -1.55. The van der Waals surface area contributed by atoms with Crippen molar-refractivity contribution in [2.75, 3.05) is 20.2 Å². The summed E-state index contributed by atoms with van der Waals surface area (Å²) in [5.41, 5.74) is 1.52. The molecular weight excluding hydrogens is 276 g/mol. The average Bonchev–Trinajstić information content (AvgIpc) is 3.10. The Kier molecular flexibility index (Phi) is 4.39. The highest BCUT2D eigenvalue weighted by Crippen LogP contribution is 2.48. The molecule has 120 valence electrons. The van der Waals surface area contributed by atoms with Crippen molar-refractivity contribution in [3.8, 4) is 0 Å². The minimum atomic E-state index is 0.00482. The van der Waals surface area contributed by atoms with E-state index < -0.39 is 0 Å². The largest absolute Gasteiger partial charge is 0.376 e. The van der Waals surface area contributed by atoms with Crippen LogP contribution in [0.3, 0.4) is 0 Å². The van der Waals surface area contributed by atoms with Gasteiger partial charge in [0.05, 0.1) is 12.1 Å². The number of ether oxygens (including phenoxy) is 1. The summed E-state index contributed by atoms with van der Waals surface area (Å²) in [5, 5.41) is 3.09. The number of benzene rings is 1. The van der Waals surface area contributed by atoms with Crippen LogP contribution in [0.5, 0.6) is 0 Å². The van der Waals surface area contributed by atoms with Gasteiger partial charge in [-0.05, 0) is 38.2 Å². The molecule has 1 aliphatic heterocycles. The number of carbonyl (C=O) groups excluding carboxylic acids is 1. The zero-order valence-corrected chi connectivity index (χ0v) is 13.5. The second kappa shape index (κ2) is 6.29. The molecule has 1 saturated carbocycles. The monoisotopic (exact) mass is 302 g/mol. The number of urea groups is 1. The fourth-order valence-electron chi connectivity index (χ4n) is 3.40. The molecule has 4 nitrogen and oxygen atoms in total. The number of rotatable bonds is 5. The van der Waals surface area contributed by atoms with Crippen LogP contribution in [-0.4, -0.2) is 43.3 Å². The van der Waals surface area contributed by atoms with Crippen LogP contribution in [0.4, 0.5) is 4.79 Å². The molecule has 0 bridgehead atoms. The molecule has 2 fully saturated rings. The Morgan fingerprint density at radius 3 is 2.73 bits per heavy atom. The Morgan fingerprint density at radius 2 is 2.14 bits per heavy atom. The lowest BCUT2D eigenvalue weighted by molar-refractivity contribution is 0.0837. The molecular formula is C18H26N2O2. The Balaban J connectivity index is 1.55. The van der Waals surface area contributed by atoms with Crippen LogP contribution in [0.1, 0.15) is 38.2 Å². The van der Waals surface area contributed by atoms with Gasteiger partial charge in [-0.3, -0.25) is 0 Å². The van der Waals surface area contributed by atoms with Crippen LogP contribution < -0.4 is 5.32 Å². The molecule has 2 amide bonds. The second-order valence-electron chi connectivity index (χ2n) is 6.79. The summed E-state index contributed by atoms with van der Waals surface area (Å²) in [6.45, 7) is 3.63. The van der Waals surface area contributed by atoms with E-state index in [2.05, 4.69) is 29.6 Å². The average molecular weight is 302 g/mol.